The predicted octanol–water partition coefficient (Wildman–Crippen LogP) is 1.50. The van der Waals surface area contributed by atoms with Crippen LogP contribution >= 0.6 is 15.9 Å². The average Bonchev–Trinajstić information content (AvgIpc) is 2.18. The number of piperidine rings is 1. The Morgan fingerprint density at radius 2 is 2.40 bits per heavy atom. The Morgan fingerprint density at radius 3 is 3.07 bits per heavy atom. The number of nitrogens with zero attached hydrogens (tertiary/aromatic N) is 1. The van der Waals surface area contributed by atoms with Crippen molar-refractivity contribution in [3.05, 3.63) is 28.5 Å². The van der Waals surface area contributed by atoms with Crippen molar-refractivity contribution in [3.63, 3.8) is 0 Å². The van der Waals surface area contributed by atoms with E-state index in [1.54, 1.807) is 6.20 Å². The van der Waals surface area contributed by atoms with Gasteiger partial charge in [0.15, 0.2) is 0 Å². The lowest BCUT2D eigenvalue weighted by atomic mass is 9.88. The summed E-state index contributed by atoms with van der Waals surface area (Å²) in [7, 11) is 0. The molecular weight excluding hydrogens is 256 g/mol. The van der Waals surface area contributed by atoms with Crippen LogP contribution in [0.2, 0.25) is 0 Å². The molecule has 2 rings (SSSR count). The van der Waals surface area contributed by atoms with Gasteiger partial charge in [-0.1, -0.05) is 0 Å². The van der Waals surface area contributed by atoms with Crippen molar-refractivity contribution >= 4 is 15.9 Å². The molecule has 4 heteroatoms. The van der Waals surface area contributed by atoms with E-state index in [0.717, 1.165) is 29.4 Å². The van der Waals surface area contributed by atoms with Crippen LogP contribution in [0.5, 0.6) is 0 Å². The first kappa shape index (κ1) is 11.0. The molecule has 2 N–H and O–H groups in total. The topological polar surface area (TPSA) is 45.2 Å². The van der Waals surface area contributed by atoms with Gasteiger partial charge < -0.3 is 10.4 Å². The normalized spacial score (nSPS) is 26.5. The van der Waals surface area contributed by atoms with E-state index in [-0.39, 0.29) is 0 Å². The number of pyridine rings is 1. The summed E-state index contributed by atoms with van der Waals surface area (Å²) < 4.78 is 0.965. The zero-order chi connectivity index (χ0) is 10.7. The quantitative estimate of drug-likeness (QED) is 0.856. The van der Waals surface area contributed by atoms with Crippen LogP contribution in [-0.4, -0.2) is 28.8 Å². The SMILES string of the molecule is OC1(Cc2cncc(Br)c2)CCCNC1. The molecule has 1 aliphatic rings. The summed E-state index contributed by atoms with van der Waals surface area (Å²) in [4.78, 5) is 4.10. The van der Waals surface area contributed by atoms with E-state index >= 15 is 0 Å². The molecular formula is C11H15BrN2O. The molecule has 3 nitrogen and oxygen atoms in total. The minimum Gasteiger partial charge on any atom is -0.388 e. The standard InChI is InChI=1S/C11H15BrN2O/c12-10-4-9(6-14-7-10)5-11(15)2-1-3-13-8-11/h4,6-7,13,15H,1-3,5,8H2. The first-order chi connectivity index (χ1) is 7.18. The van der Waals surface area contributed by atoms with Crippen LogP contribution in [0.3, 0.4) is 0 Å². The molecule has 1 aromatic rings. The van der Waals surface area contributed by atoms with Gasteiger partial charge >= 0.3 is 0 Å². The highest BCUT2D eigenvalue weighted by molar-refractivity contribution is 9.10. The van der Waals surface area contributed by atoms with Crippen LogP contribution in [0.25, 0.3) is 0 Å². The second kappa shape index (κ2) is 4.60. The fourth-order valence-corrected chi connectivity index (χ4v) is 2.45. The Bertz CT molecular complexity index is 337. The van der Waals surface area contributed by atoms with E-state index in [1.807, 2.05) is 12.3 Å². The molecule has 1 aromatic heterocycles. The summed E-state index contributed by atoms with van der Waals surface area (Å²) in [5, 5.41) is 13.5. The van der Waals surface area contributed by atoms with Gasteiger partial charge in [-0.15, -0.1) is 0 Å². The van der Waals surface area contributed by atoms with E-state index < -0.39 is 5.60 Å². The van der Waals surface area contributed by atoms with Gasteiger partial charge in [0.1, 0.15) is 0 Å². The summed E-state index contributed by atoms with van der Waals surface area (Å²) in [6.07, 6.45) is 6.15. The highest BCUT2D eigenvalue weighted by Gasteiger charge is 2.29. The lowest BCUT2D eigenvalue weighted by Gasteiger charge is -2.32. The summed E-state index contributed by atoms with van der Waals surface area (Å²) >= 11 is 3.38. The largest absolute Gasteiger partial charge is 0.388 e. The molecule has 2 heterocycles. The van der Waals surface area contributed by atoms with Crippen molar-refractivity contribution in [2.24, 2.45) is 0 Å². The molecule has 0 spiro atoms. The van der Waals surface area contributed by atoms with Gasteiger partial charge in [-0.25, -0.2) is 0 Å². The maximum atomic E-state index is 10.3. The summed E-state index contributed by atoms with van der Waals surface area (Å²) in [6, 6.07) is 2.01. The monoisotopic (exact) mass is 270 g/mol. The van der Waals surface area contributed by atoms with E-state index in [0.29, 0.717) is 13.0 Å². The Kier molecular flexibility index (Phi) is 3.38. The molecule has 0 radical (unpaired) electrons. The maximum Gasteiger partial charge on any atom is 0.0812 e. The summed E-state index contributed by atoms with van der Waals surface area (Å²) in [5.74, 6) is 0. The van der Waals surface area contributed by atoms with Crippen LogP contribution in [0.15, 0.2) is 22.9 Å². The second-order valence-corrected chi connectivity index (χ2v) is 5.11. The first-order valence-corrected chi connectivity index (χ1v) is 6.00. The van der Waals surface area contributed by atoms with Gasteiger partial charge in [0.25, 0.3) is 0 Å². The Hall–Kier alpha value is -0.450. The Balaban J connectivity index is 2.06. The van der Waals surface area contributed by atoms with E-state index in [4.69, 9.17) is 0 Å². The van der Waals surface area contributed by atoms with Crippen molar-refractivity contribution in [2.75, 3.05) is 13.1 Å². The minimum absolute atomic E-state index is 0.597. The van der Waals surface area contributed by atoms with Gasteiger partial charge in [-0.3, -0.25) is 4.98 Å². The highest BCUT2D eigenvalue weighted by Crippen LogP contribution is 2.22. The number of hydrogen-bond donors (Lipinski definition) is 2. The molecule has 1 fully saturated rings. The van der Waals surface area contributed by atoms with Crippen LogP contribution in [0, 0.1) is 0 Å². The number of nitrogens with one attached hydrogen (secondary N) is 1. The molecule has 82 valence electrons. The number of hydrogen-bond acceptors (Lipinski definition) is 3. The van der Waals surface area contributed by atoms with Gasteiger partial charge in [0.2, 0.25) is 0 Å². The van der Waals surface area contributed by atoms with Crippen molar-refractivity contribution in [1.29, 1.82) is 0 Å². The van der Waals surface area contributed by atoms with E-state index in [2.05, 4.69) is 26.2 Å². The zero-order valence-electron chi connectivity index (χ0n) is 8.54. The number of β-amino-alcohol motifs (C(OH)–C–C–N with tert-alkyl or cyclic N) is 1. The van der Waals surface area contributed by atoms with Gasteiger partial charge in [0.05, 0.1) is 5.60 Å². The fourth-order valence-electron chi connectivity index (χ4n) is 2.04. The van der Waals surface area contributed by atoms with E-state index in [1.165, 1.54) is 0 Å². The van der Waals surface area contributed by atoms with Crippen LogP contribution in [-0.2, 0) is 6.42 Å². The third kappa shape index (κ3) is 3.00. The second-order valence-electron chi connectivity index (χ2n) is 4.19. The van der Waals surface area contributed by atoms with Crippen molar-refractivity contribution in [2.45, 2.75) is 24.9 Å². The number of aromatic nitrogens is 1. The Morgan fingerprint density at radius 1 is 1.53 bits per heavy atom. The van der Waals surface area contributed by atoms with Gasteiger partial charge in [-0.05, 0) is 46.9 Å². The molecule has 0 amide bonds. The summed E-state index contributed by atoms with van der Waals surface area (Å²) in [5.41, 5.74) is 0.483. The molecule has 0 aromatic carbocycles. The third-order valence-electron chi connectivity index (χ3n) is 2.74. The van der Waals surface area contributed by atoms with Crippen LogP contribution in [0.1, 0.15) is 18.4 Å². The van der Waals surface area contributed by atoms with Crippen molar-refractivity contribution in [3.8, 4) is 0 Å². The third-order valence-corrected chi connectivity index (χ3v) is 3.18. The lowest BCUT2D eigenvalue weighted by molar-refractivity contribution is 0.0169. The summed E-state index contributed by atoms with van der Waals surface area (Å²) in [6.45, 7) is 1.69. The molecule has 15 heavy (non-hydrogen) atoms. The molecule has 0 saturated carbocycles. The van der Waals surface area contributed by atoms with E-state index in [9.17, 15) is 5.11 Å². The van der Waals surface area contributed by atoms with Crippen LogP contribution < -0.4 is 5.32 Å². The van der Waals surface area contributed by atoms with Crippen LogP contribution in [0.4, 0.5) is 0 Å². The zero-order valence-corrected chi connectivity index (χ0v) is 10.1. The average molecular weight is 271 g/mol. The van der Waals surface area contributed by atoms with Crippen molar-refractivity contribution in [1.82, 2.24) is 10.3 Å². The lowest BCUT2D eigenvalue weighted by Crippen LogP contribution is -2.47. The minimum atomic E-state index is -0.597. The predicted molar refractivity (Wildman–Crippen MR) is 62.7 cm³/mol. The number of aliphatic hydroxyl groups is 1. The molecule has 1 aliphatic heterocycles. The maximum absolute atomic E-state index is 10.3. The Labute approximate surface area is 98.0 Å². The molecule has 1 unspecified atom stereocenters. The van der Waals surface area contributed by atoms with Gasteiger partial charge in [-0.2, -0.15) is 0 Å². The highest BCUT2D eigenvalue weighted by atomic mass is 79.9. The number of rotatable bonds is 2. The first-order valence-electron chi connectivity index (χ1n) is 5.21. The molecule has 1 atom stereocenters. The molecule has 0 bridgehead atoms. The molecule has 0 aliphatic carbocycles. The van der Waals surface area contributed by atoms with Crippen molar-refractivity contribution < 1.29 is 5.11 Å². The molecule has 1 saturated heterocycles. The van der Waals surface area contributed by atoms with Gasteiger partial charge in [0, 0.05) is 29.8 Å². The number of halogens is 1. The smallest absolute Gasteiger partial charge is 0.0812 e. The fraction of sp³-hybridized carbons (Fsp3) is 0.545.